The second kappa shape index (κ2) is 4.78. The van der Waals surface area contributed by atoms with E-state index in [4.69, 9.17) is 2.74 Å². The van der Waals surface area contributed by atoms with Gasteiger partial charge in [-0.1, -0.05) is 24.6 Å². The molecule has 1 heterocycles. The van der Waals surface area contributed by atoms with E-state index in [0.717, 1.165) is 5.56 Å². The van der Waals surface area contributed by atoms with Crippen molar-refractivity contribution in [2.45, 2.75) is 31.5 Å². The summed E-state index contributed by atoms with van der Waals surface area (Å²) in [6.45, 7) is 1.89. The van der Waals surface area contributed by atoms with Crippen LogP contribution < -0.4 is 0 Å². The van der Waals surface area contributed by atoms with Gasteiger partial charge in [-0.05, 0) is 37.8 Å². The average molecular weight is 255 g/mol. The smallest absolute Gasteiger partial charge is 0.207 e. The molecule has 3 nitrogen and oxygen atoms in total. The molecule has 1 fully saturated rings. The number of hydrogen-bond acceptors (Lipinski definition) is 2. The number of benzene rings is 1. The molecule has 0 radical (unpaired) electrons. The van der Waals surface area contributed by atoms with Gasteiger partial charge in [-0.15, -0.1) is 0 Å². The fraction of sp³-hybridized carbons (Fsp3) is 0.538. The molecule has 4 heteroatoms. The molecule has 94 valence electrons. The standard InChI is InChI=1S/C13H19NO2S/c1-11-3-5-13(6-4-11)17(15,16)14-9-7-12(2)8-10-14/h3-6,12H,7-10H2,1-2H3/i2D2. The third kappa shape index (κ3) is 2.69. The molecule has 0 aliphatic carbocycles. The van der Waals surface area contributed by atoms with E-state index in [1.165, 1.54) is 4.31 Å². The van der Waals surface area contributed by atoms with Crippen LogP contribution >= 0.6 is 0 Å². The maximum absolute atomic E-state index is 12.4. The summed E-state index contributed by atoms with van der Waals surface area (Å²) in [5.41, 5.74) is 1.03. The molecule has 0 aromatic heterocycles. The van der Waals surface area contributed by atoms with E-state index in [9.17, 15) is 8.42 Å². The maximum Gasteiger partial charge on any atom is 0.243 e. The molecule has 2 rings (SSSR count). The van der Waals surface area contributed by atoms with Crippen molar-refractivity contribution in [3.05, 3.63) is 29.8 Å². The minimum Gasteiger partial charge on any atom is -0.207 e. The van der Waals surface area contributed by atoms with Crippen LogP contribution in [-0.2, 0) is 10.0 Å². The van der Waals surface area contributed by atoms with Crippen molar-refractivity contribution in [2.75, 3.05) is 13.1 Å². The summed E-state index contributed by atoms with van der Waals surface area (Å²) in [5.74, 6) is -0.00975. The molecule has 0 N–H and O–H groups in total. The number of rotatable bonds is 2. The highest BCUT2D eigenvalue weighted by Gasteiger charge is 2.27. The third-order valence-electron chi connectivity index (χ3n) is 3.16. The van der Waals surface area contributed by atoms with Gasteiger partial charge in [0.2, 0.25) is 10.0 Å². The van der Waals surface area contributed by atoms with E-state index in [2.05, 4.69) is 0 Å². The molecule has 0 amide bonds. The number of hydrogen-bond donors (Lipinski definition) is 0. The summed E-state index contributed by atoms with van der Waals surface area (Å²) in [6.07, 6.45) is 1.20. The topological polar surface area (TPSA) is 37.4 Å². The lowest BCUT2D eigenvalue weighted by atomic mass is 10.0. The quantitative estimate of drug-likeness (QED) is 0.814. The van der Waals surface area contributed by atoms with E-state index in [0.29, 0.717) is 30.8 Å². The molecule has 1 aliphatic rings. The fourth-order valence-electron chi connectivity index (χ4n) is 1.98. The number of nitrogens with zero attached hydrogens (tertiary/aromatic N) is 1. The van der Waals surface area contributed by atoms with E-state index in [-0.39, 0.29) is 5.92 Å². The van der Waals surface area contributed by atoms with Crippen molar-refractivity contribution in [3.63, 3.8) is 0 Å². The van der Waals surface area contributed by atoms with Gasteiger partial charge in [0, 0.05) is 15.8 Å². The van der Waals surface area contributed by atoms with Crippen LogP contribution in [0.4, 0.5) is 0 Å². The highest BCUT2D eigenvalue weighted by Crippen LogP contribution is 2.23. The zero-order valence-electron chi connectivity index (χ0n) is 12.0. The zero-order valence-corrected chi connectivity index (χ0v) is 10.8. The minimum absolute atomic E-state index is 0.00975. The van der Waals surface area contributed by atoms with Crippen molar-refractivity contribution in [1.82, 2.24) is 4.31 Å². The van der Waals surface area contributed by atoms with Crippen molar-refractivity contribution in [1.29, 1.82) is 0 Å². The molecule has 0 spiro atoms. The van der Waals surface area contributed by atoms with E-state index in [1.54, 1.807) is 24.3 Å². The third-order valence-corrected chi connectivity index (χ3v) is 5.07. The van der Waals surface area contributed by atoms with Crippen LogP contribution in [0.25, 0.3) is 0 Å². The molecule has 0 saturated carbocycles. The van der Waals surface area contributed by atoms with E-state index in [1.807, 2.05) is 6.92 Å². The Morgan fingerprint density at radius 1 is 1.24 bits per heavy atom. The summed E-state index contributed by atoms with van der Waals surface area (Å²) in [5, 5.41) is 0. The maximum atomic E-state index is 12.4. The number of aryl methyl sites for hydroxylation is 1. The second-order valence-electron chi connectivity index (χ2n) is 4.55. The first-order valence-electron chi connectivity index (χ1n) is 6.98. The van der Waals surface area contributed by atoms with Gasteiger partial charge in [0.25, 0.3) is 0 Å². The van der Waals surface area contributed by atoms with Gasteiger partial charge >= 0.3 is 0 Å². The van der Waals surface area contributed by atoms with Gasteiger partial charge in [0.05, 0.1) is 4.90 Å². The monoisotopic (exact) mass is 255 g/mol. The van der Waals surface area contributed by atoms with Crippen LogP contribution in [0.3, 0.4) is 0 Å². The Balaban J connectivity index is 2.12. The highest BCUT2D eigenvalue weighted by molar-refractivity contribution is 7.89. The van der Waals surface area contributed by atoms with Crippen LogP contribution in [0.5, 0.6) is 0 Å². The van der Waals surface area contributed by atoms with Crippen LogP contribution in [0, 0.1) is 12.8 Å². The molecule has 0 bridgehead atoms. The summed E-state index contributed by atoms with van der Waals surface area (Å²) in [6, 6.07) is 6.86. The first kappa shape index (κ1) is 10.1. The summed E-state index contributed by atoms with van der Waals surface area (Å²) >= 11 is 0. The molecule has 1 aromatic carbocycles. The van der Waals surface area contributed by atoms with Crippen LogP contribution in [0.2, 0.25) is 0 Å². The molecule has 1 saturated heterocycles. The van der Waals surface area contributed by atoms with Crippen LogP contribution in [-0.4, -0.2) is 25.8 Å². The van der Waals surface area contributed by atoms with Crippen LogP contribution in [0.1, 0.15) is 28.0 Å². The van der Waals surface area contributed by atoms with Gasteiger partial charge in [0.15, 0.2) is 0 Å². The molecule has 17 heavy (non-hydrogen) atoms. The molecule has 1 aliphatic heterocycles. The average Bonchev–Trinajstić information content (AvgIpc) is 2.39. The first-order valence-corrected chi connectivity index (χ1v) is 7.26. The highest BCUT2D eigenvalue weighted by atomic mass is 32.2. The SMILES string of the molecule is [2H]C([2H])C1CCN(S(=O)(=O)c2ccc(C)cc2)CC1. The normalized spacial score (nSPS) is 21.3. The van der Waals surface area contributed by atoms with Gasteiger partial charge in [0.1, 0.15) is 0 Å². The molecule has 0 atom stereocenters. The van der Waals surface area contributed by atoms with Gasteiger partial charge in [-0.2, -0.15) is 4.31 Å². The second-order valence-corrected chi connectivity index (χ2v) is 6.49. The predicted molar refractivity (Wildman–Crippen MR) is 68.3 cm³/mol. The van der Waals surface area contributed by atoms with Crippen molar-refractivity contribution in [3.8, 4) is 0 Å². The lowest BCUT2D eigenvalue weighted by molar-refractivity contribution is 0.288. The summed E-state index contributed by atoms with van der Waals surface area (Å²) in [4.78, 5) is 0.324. The van der Waals surface area contributed by atoms with Crippen molar-refractivity contribution < 1.29 is 11.2 Å². The van der Waals surface area contributed by atoms with Gasteiger partial charge in [-0.25, -0.2) is 8.42 Å². The Kier molecular flexibility index (Phi) is 2.84. The largest absolute Gasteiger partial charge is 0.243 e. The number of sulfonamides is 1. The molecule has 0 unspecified atom stereocenters. The lowest BCUT2D eigenvalue weighted by Crippen LogP contribution is -2.37. The summed E-state index contributed by atoms with van der Waals surface area (Å²) < 4.78 is 41.0. The molecule has 1 aromatic rings. The van der Waals surface area contributed by atoms with Crippen molar-refractivity contribution in [2.24, 2.45) is 5.92 Å². The Morgan fingerprint density at radius 2 is 1.82 bits per heavy atom. The molecular weight excluding hydrogens is 234 g/mol. The lowest BCUT2D eigenvalue weighted by Gasteiger charge is -2.29. The van der Waals surface area contributed by atoms with Gasteiger partial charge in [-0.3, -0.25) is 0 Å². The number of piperidine rings is 1. The Labute approximate surface area is 106 Å². The van der Waals surface area contributed by atoms with Crippen LogP contribution in [0.15, 0.2) is 29.2 Å². The van der Waals surface area contributed by atoms with E-state index >= 15 is 0 Å². The Hall–Kier alpha value is -0.870. The predicted octanol–water partition coefficient (Wildman–Crippen LogP) is 2.42. The first-order chi connectivity index (χ1) is 8.91. The summed E-state index contributed by atoms with van der Waals surface area (Å²) in [7, 11) is -3.42. The van der Waals surface area contributed by atoms with E-state index < -0.39 is 16.9 Å². The Morgan fingerprint density at radius 3 is 2.35 bits per heavy atom. The van der Waals surface area contributed by atoms with Gasteiger partial charge < -0.3 is 0 Å². The fourth-order valence-corrected chi connectivity index (χ4v) is 3.45. The Bertz CT molecular complexity index is 520. The van der Waals surface area contributed by atoms with Crippen molar-refractivity contribution >= 4 is 10.0 Å². The zero-order chi connectivity index (χ0) is 14.0. The molecular formula is C13H19NO2S. The minimum atomic E-state index is -3.42.